The lowest BCUT2D eigenvalue weighted by atomic mass is 9.91. The number of nitriles is 1. The Morgan fingerprint density at radius 1 is 1.38 bits per heavy atom. The highest BCUT2D eigenvalue weighted by Gasteiger charge is 2.28. The first-order chi connectivity index (χ1) is 7.90. The third-order valence-electron chi connectivity index (χ3n) is 3.79. The average molecular weight is 213 g/mol. The molecule has 0 saturated carbocycles. The molecule has 1 aromatic carbocycles. The van der Waals surface area contributed by atoms with Crippen LogP contribution in [0.4, 0.5) is 0 Å². The van der Waals surface area contributed by atoms with Gasteiger partial charge in [-0.3, -0.25) is 0 Å². The number of rotatable bonds is 2. The molecule has 1 heterocycles. The van der Waals surface area contributed by atoms with Gasteiger partial charge in [-0.1, -0.05) is 6.07 Å². The molecule has 16 heavy (non-hydrogen) atoms. The number of nitrogens with zero attached hydrogens (tertiary/aromatic N) is 1. The van der Waals surface area contributed by atoms with Crippen molar-refractivity contribution in [3.8, 4) is 11.8 Å². The maximum Gasteiger partial charge on any atom is 0.122 e. The van der Waals surface area contributed by atoms with Crippen LogP contribution in [0.15, 0.2) is 12.1 Å². The molecular formula is C14H15NO. The minimum atomic E-state index is 0.603. The Hall–Kier alpha value is -1.49. The number of fused-ring (bicyclic) bond motifs is 3. The second-order valence-corrected chi connectivity index (χ2v) is 4.65. The summed E-state index contributed by atoms with van der Waals surface area (Å²) >= 11 is 0. The van der Waals surface area contributed by atoms with E-state index in [0.29, 0.717) is 12.3 Å². The SMILES string of the molecule is N#CCCC1CCc2ccc3c(c21)CCO3. The smallest absolute Gasteiger partial charge is 0.122 e. The predicted octanol–water partition coefficient (Wildman–Crippen LogP) is 2.96. The van der Waals surface area contributed by atoms with Gasteiger partial charge in [0.2, 0.25) is 0 Å². The van der Waals surface area contributed by atoms with Crippen molar-refractivity contribution < 1.29 is 4.74 Å². The summed E-state index contributed by atoms with van der Waals surface area (Å²) in [5.41, 5.74) is 4.44. The highest BCUT2D eigenvalue weighted by Crippen LogP contribution is 2.43. The highest BCUT2D eigenvalue weighted by molar-refractivity contribution is 5.51. The third-order valence-corrected chi connectivity index (χ3v) is 3.79. The van der Waals surface area contributed by atoms with Crippen LogP contribution in [0.25, 0.3) is 0 Å². The van der Waals surface area contributed by atoms with Crippen molar-refractivity contribution in [2.24, 2.45) is 0 Å². The summed E-state index contributed by atoms with van der Waals surface area (Å²) in [5.74, 6) is 1.69. The Morgan fingerprint density at radius 3 is 3.19 bits per heavy atom. The normalized spacial score (nSPS) is 21.1. The maximum absolute atomic E-state index is 8.69. The van der Waals surface area contributed by atoms with E-state index in [1.807, 2.05) is 0 Å². The zero-order chi connectivity index (χ0) is 11.0. The monoisotopic (exact) mass is 213 g/mol. The van der Waals surface area contributed by atoms with Crippen LogP contribution >= 0.6 is 0 Å². The molecule has 2 nitrogen and oxygen atoms in total. The Morgan fingerprint density at radius 2 is 2.31 bits per heavy atom. The Labute approximate surface area is 95.8 Å². The fraction of sp³-hybridized carbons (Fsp3) is 0.500. The molecule has 0 radical (unpaired) electrons. The number of hydrogen-bond donors (Lipinski definition) is 0. The summed E-state index contributed by atoms with van der Waals surface area (Å²) in [6.07, 6.45) is 5.14. The fourth-order valence-electron chi connectivity index (χ4n) is 3.08. The van der Waals surface area contributed by atoms with Gasteiger partial charge in [0.1, 0.15) is 5.75 Å². The number of hydrogen-bond acceptors (Lipinski definition) is 2. The van der Waals surface area contributed by atoms with Gasteiger partial charge in [-0.25, -0.2) is 0 Å². The zero-order valence-electron chi connectivity index (χ0n) is 9.33. The molecule has 82 valence electrons. The van der Waals surface area contributed by atoms with Crippen molar-refractivity contribution in [3.05, 3.63) is 28.8 Å². The van der Waals surface area contributed by atoms with Gasteiger partial charge in [0, 0.05) is 18.4 Å². The molecule has 1 unspecified atom stereocenters. The molecule has 0 N–H and O–H groups in total. The summed E-state index contributed by atoms with van der Waals surface area (Å²) < 4.78 is 5.61. The van der Waals surface area contributed by atoms with Gasteiger partial charge in [0.15, 0.2) is 0 Å². The van der Waals surface area contributed by atoms with Crippen LogP contribution in [0.1, 0.15) is 41.9 Å². The van der Waals surface area contributed by atoms with Gasteiger partial charge in [-0.15, -0.1) is 0 Å². The maximum atomic E-state index is 8.69. The second kappa shape index (κ2) is 3.83. The van der Waals surface area contributed by atoms with E-state index in [0.717, 1.165) is 25.2 Å². The minimum absolute atomic E-state index is 0.603. The van der Waals surface area contributed by atoms with Crippen molar-refractivity contribution in [1.82, 2.24) is 0 Å². The van der Waals surface area contributed by atoms with Crippen LogP contribution in [0.3, 0.4) is 0 Å². The van der Waals surface area contributed by atoms with Gasteiger partial charge < -0.3 is 4.74 Å². The summed E-state index contributed by atoms with van der Waals surface area (Å²) in [4.78, 5) is 0. The lowest BCUT2D eigenvalue weighted by Gasteiger charge is -2.13. The van der Waals surface area contributed by atoms with E-state index in [1.54, 1.807) is 0 Å². The van der Waals surface area contributed by atoms with E-state index in [9.17, 15) is 0 Å². The molecule has 1 aromatic rings. The van der Waals surface area contributed by atoms with E-state index < -0.39 is 0 Å². The van der Waals surface area contributed by atoms with Crippen LogP contribution in [-0.4, -0.2) is 6.61 Å². The molecule has 1 aliphatic carbocycles. The highest BCUT2D eigenvalue weighted by atomic mass is 16.5. The van der Waals surface area contributed by atoms with Crippen LogP contribution < -0.4 is 4.74 Å². The van der Waals surface area contributed by atoms with Gasteiger partial charge in [0.25, 0.3) is 0 Å². The van der Waals surface area contributed by atoms with Crippen LogP contribution in [-0.2, 0) is 12.8 Å². The van der Waals surface area contributed by atoms with Crippen LogP contribution in [0.2, 0.25) is 0 Å². The quantitative estimate of drug-likeness (QED) is 0.756. The summed E-state index contributed by atoms with van der Waals surface area (Å²) in [6.45, 7) is 0.830. The molecule has 2 aliphatic rings. The Kier molecular flexibility index (Phi) is 2.32. The molecule has 0 bridgehead atoms. The van der Waals surface area contributed by atoms with Gasteiger partial charge in [-0.05, 0) is 42.4 Å². The zero-order valence-corrected chi connectivity index (χ0v) is 9.33. The summed E-state index contributed by atoms with van der Waals surface area (Å²) in [5, 5.41) is 8.69. The van der Waals surface area contributed by atoms with Gasteiger partial charge in [0.05, 0.1) is 12.7 Å². The minimum Gasteiger partial charge on any atom is -0.493 e. The second-order valence-electron chi connectivity index (χ2n) is 4.65. The topological polar surface area (TPSA) is 33.0 Å². The molecule has 0 fully saturated rings. The Bertz CT molecular complexity index is 459. The molecule has 1 atom stereocenters. The lowest BCUT2D eigenvalue weighted by Crippen LogP contribution is -1.97. The molecule has 0 aromatic heterocycles. The Balaban J connectivity index is 1.98. The summed E-state index contributed by atoms with van der Waals surface area (Å²) in [6, 6.07) is 6.59. The first-order valence-electron chi connectivity index (χ1n) is 6.04. The van der Waals surface area contributed by atoms with E-state index >= 15 is 0 Å². The van der Waals surface area contributed by atoms with Crippen LogP contribution in [0.5, 0.6) is 5.75 Å². The summed E-state index contributed by atoms with van der Waals surface area (Å²) in [7, 11) is 0. The van der Waals surface area contributed by atoms with Crippen molar-refractivity contribution >= 4 is 0 Å². The standard InChI is InChI=1S/C14H15NO/c15-8-1-2-10-3-4-11-5-6-13-12(14(10)11)7-9-16-13/h5-6,10H,1-4,7,9H2. The van der Waals surface area contributed by atoms with E-state index in [4.69, 9.17) is 10.00 Å². The van der Waals surface area contributed by atoms with Crippen molar-refractivity contribution in [3.63, 3.8) is 0 Å². The fourth-order valence-corrected chi connectivity index (χ4v) is 3.08. The largest absolute Gasteiger partial charge is 0.493 e. The molecule has 3 rings (SSSR count). The van der Waals surface area contributed by atoms with E-state index in [1.165, 1.54) is 29.5 Å². The first kappa shape index (κ1) is 9.72. The number of aryl methyl sites for hydroxylation is 1. The molecular weight excluding hydrogens is 198 g/mol. The van der Waals surface area contributed by atoms with Crippen LogP contribution in [0, 0.1) is 11.3 Å². The predicted molar refractivity (Wildman–Crippen MR) is 61.6 cm³/mol. The molecule has 1 aliphatic heterocycles. The first-order valence-corrected chi connectivity index (χ1v) is 6.04. The number of ether oxygens (including phenoxy) is 1. The number of benzene rings is 1. The van der Waals surface area contributed by atoms with Crippen molar-refractivity contribution in [2.75, 3.05) is 6.61 Å². The average Bonchev–Trinajstić information content (AvgIpc) is 2.91. The molecule has 0 amide bonds. The van der Waals surface area contributed by atoms with Gasteiger partial charge in [-0.2, -0.15) is 5.26 Å². The lowest BCUT2D eigenvalue weighted by molar-refractivity contribution is 0.357. The molecule has 0 saturated heterocycles. The third kappa shape index (κ3) is 1.39. The molecule has 0 spiro atoms. The van der Waals surface area contributed by atoms with Gasteiger partial charge >= 0.3 is 0 Å². The van der Waals surface area contributed by atoms with E-state index in [-0.39, 0.29) is 0 Å². The molecule has 2 heteroatoms. The van der Waals surface area contributed by atoms with Crippen molar-refractivity contribution in [2.45, 2.75) is 38.0 Å². The van der Waals surface area contributed by atoms with E-state index in [2.05, 4.69) is 18.2 Å². The van der Waals surface area contributed by atoms with Crippen molar-refractivity contribution in [1.29, 1.82) is 5.26 Å².